The Morgan fingerprint density at radius 2 is 2.00 bits per heavy atom. The zero-order valence-electron chi connectivity index (χ0n) is 12.9. The summed E-state index contributed by atoms with van der Waals surface area (Å²) >= 11 is 0. The molecule has 0 unspecified atom stereocenters. The maximum Gasteiger partial charge on any atom is 0.253 e. The van der Waals surface area contributed by atoms with Crippen molar-refractivity contribution in [3.05, 3.63) is 29.3 Å². The molecule has 0 spiro atoms. The number of hydrogen-bond donors (Lipinski definition) is 1. The highest BCUT2D eigenvalue weighted by Crippen LogP contribution is 2.27. The minimum atomic E-state index is 0. The van der Waals surface area contributed by atoms with Crippen LogP contribution in [0.1, 0.15) is 42.6 Å². The Morgan fingerprint density at radius 1 is 1.29 bits per heavy atom. The van der Waals surface area contributed by atoms with Crippen LogP contribution < -0.4 is 5.32 Å². The smallest absolute Gasteiger partial charge is 0.253 e. The number of halogens is 1. The van der Waals surface area contributed by atoms with Crippen molar-refractivity contribution in [3.63, 3.8) is 0 Å². The molecule has 2 aliphatic heterocycles. The van der Waals surface area contributed by atoms with Crippen LogP contribution in [0.25, 0.3) is 0 Å². The third-order valence-electron chi connectivity index (χ3n) is 4.83. The number of carbonyl (C=O) groups excluding carboxylic acids is 1. The van der Waals surface area contributed by atoms with E-state index < -0.39 is 0 Å². The van der Waals surface area contributed by atoms with Crippen LogP contribution in [0.3, 0.4) is 0 Å². The number of fused-ring (bicyclic) bond motifs is 1. The van der Waals surface area contributed by atoms with Gasteiger partial charge in [-0.15, -0.1) is 12.4 Å². The predicted octanol–water partition coefficient (Wildman–Crippen LogP) is 3.58. The lowest BCUT2D eigenvalue weighted by molar-refractivity contribution is 0.0667. The minimum Gasteiger partial charge on any atom is -0.384 e. The number of piperidine rings is 1. The molecular weight excluding hydrogens is 284 g/mol. The molecule has 2 heterocycles. The molecule has 4 heteroatoms. The Labute approximate surface area is 133 Å². The Bertz CT molecular complexity index is 508. The maximum absolute atomic E-state index is 12.6. The van der Waals surface area contributed by atoms with E-state index in [-0.39, 0.29) is 18.3 Å². The van der Waals surface area contributed by atoms with E-state index >= 15 is 0 Å². The van der Waals surface area contributed by atoms with E-state index in [4.69, 9.17) is 0 Å². The zero-order chi connectivity index (χ0) is 14.1. The van der Waals surface area contributed by atoms with Crippen LogP contribution in [0.2, 0.25) is 0 Å². The fraction of sp³-hybridized carbons (Fsp3) is 0.588. The van der Waals surface area contributed by atoms with Gasteiger partial charge in [0.15, 0.2) is 0 Å². The standard InChI is InChI=1S/C17H24N2O.ClH/c1-12(2)13-6-9-19(10-7-13)17(20)15-3-4-16-14(11-15)5-8-18-16;/h3-4,11-13,18H,5-10H2,1-2H3;1H. The summed E-state index contributed by atoms with van der Waals surface area (Å²) < 4.78 is 0. The molecule has 21 heavy (non-hydrogen) atoms. The molecule has 116 valence electrons. The van der Waals surface area contributed by atoms with Gasteiger partial charge in [-0.3, -0.25) is 4.79 Å². The molecule has 0 saturated carbocycles. The van der Waals surface area contributed by atoms with E-state index in [0.717, 1.165) is 56.3 Å². The monoisotopic (exact) mass is 308 g/mol. The molecule has 0 aromatic heterocycles. The van der Waals surface area contributed by atoms with Crippen molar-refractivity contribution >= 4 is 24.0 Å². The van der Waals surface area contributed by atoms with Gasteiger partial charge in [-0.05, 0) is 54.9 Å². The third-order valence-corrected chi connectivity index (χ3v) is 4.83. The topological polar surface area (TPSA) is 32.3 Å². The first kappa shape index (κ1) is 16.2. The number of nitrogens with one attached hydrogen (secondary N) is 1. The van der Waals surface area contributed by atoms with E-state index in [0.29, 0.717) is 0 Å². The number of likely N-dealkylation sites (tertiary alicyclic amines) is 1. The molecule has 1 fully saturated rings. The molecule has 1 aromatic carbocycles. The number of benzene rings is 1. The fourth-order valence-electron chi connectivity index (χ4n) is 3.39. The van der Waals surface area contributed by atoms with E-state index in [2.05, 4.69) is 31.3 Å². The molecule has 1 saturated heterocycles. The van der Waals surface area contributed by atoms with Gasteiger partial charge in [0.25, 0.3) is 5.91 Å². The number of nitrogens with zero attached hydrogens (tertiary/aromatic N) is 1. The van der Waals surface area contributed by atoms with E-state index in [1.807, 2.05) is 11.0 Å². The van der Waals surface area contributed by atoms with Gasteiger partial charge >= 0.3 is 0 Å². The zero-order valence-corrected chi connectivity index (χ0v) is 13.7. The molecule has 0 bridgehead atoms. The molecule has 2 aliphatic rings. The van der Waals surface area contributed by atoms with Crippen LogP contribution in [0.15, 0.2) is 18.2 Å². The van der Waals surface area contributed by atoms with Crippen molar-refractivity contribution in [3.8, 4) is 0 Å². The summed E-state index contributed by atoms with van der Waals surface area (Å²) in [7, 11) is 0. The van der Waals surface area contributed by atoms with Crippen molar-refractivity contribution in [2.75, 3.05) is 25.0 Å². The van der Waals surface area contributed by atoms with Crippen LogP contribution in [-0.4, -0.2) is 30.4 Å². The largest absolute Gasteiger partial charge is 0.384 e. The second-order valence-electron chi connectivity index (χ2n) is 6.42. The highest BCUT2D eigenvalue weighted by molar-refractivity contribution is 5.95. The van der Waals surface area contributed by atoms with Gasteiger partial charge in [-0.2, -0.15) is 0 Å². The van der Waals surface area contributed by atoms with Crippen LogP contribution >= 0.6 is 12.4 Å². The maximum atomic E-state index is 12.6. The van der Waals surface area contributed by atoms with E-state index in [1.165, 1.54) is 11.3 Å². The second-order valence-corrected chi connectivity index (χ2v) is 6.42. The van der Waals surface area contributed by atoms with Crippen molar-refractivity contribution in [2.45, 2.75) is 33.1 Å². The summed E-state index contributed by atoms with van der Waals surface area (Å²) in [4.78, 5) is 14.6. The predicted molar refractivity (Wildman–Crippen MR) is 89.3 cm³/mol. The summed E-state index contributed by atoms with van der Waals surface area (Å²) in [6, 6.07) is 6.09. The Kier molecular flexibility index (Phi) is 5.15. The summed E-state index contributed by atoms with van der Waals surface area (Å²) in [5.41, 5.74) is 3.34. The van der Waals surface area contributed by atoms with E-state index in [9.17, 15) is 4.79 Å². The van der Waals surface area contributed by atoms with Crippen LogP contribution in [0, 0.1) is 11.8 Å². The van der Waals surface area contributed by atoms with Crippen molar-refractivity contribution in [1.29, 1.82) is 0 Å². The lowest BCUT2D eigenvalue weighted by Gasteiger charge is -2.34. The highest BCUT2D eigenvalue weighted by atomic mass is 35.5. The lowest BCUT2D eigenvalue weighted by Crippen LogP contribution is -2.39. The summed E-state index contributed by atoms with van der Waals surface area (Å²) in [6.07, 6.45) is 3.33. The quantitative estimate of drug-likeness (QED) is 0.905. The minimum absolute atomic E-state index is 0. The van der Waals surface area contributed by atoms with E-state index in [1.54, 1.807) is 0 Å². The number of anilines is 1. The van der Waals surface area contributed by atoms with Gasteiger partial charge < -0.3 is 10.2 Å². The van der Waals surface area contributed by atoms with Gasteiger partial charge in [0.05, 0.1) is 0 Å². The number of hydrogen-bond acceptors (Lipinski definition) is 2. The Morgan fingerprint density at radius 3 is 2.67 bits per heavy atom. The third kappa shape index (κ3) is 3.34. The molecule has 1 N–H and O–H groups in total. The van der Waals surface area contributed by atoms with Gasteiger partial charge in [0.1, 0.15) is 0 Å². The van der Waals surface area contributed by atoms with Crippen molar-refractivity contribution in [2.24, 2.45) is 11.8 Å². The van der Waals surface area contributed by atoms with Gasteiger partial charge in [0.2, 0.25) is 0 Å². The molecule has 3 rings (SSSR count). The first-order valence-corrected chi connectivity index (χ1v) is 7.81. The van der Waals surface area contributed by atoms with Crippen molar-refractivity contribution < 1.29 is 4.79 Å². The summed E-state index contributed by atoms with van der Waals surface area (Å²) in [5, 5.41) is 3.34. The second kappa shape index (κ2) is 6.69. The summed E-state index contributed by atoms with van der Waals surface area (Å²) in [6.45, 7) is 7.39. The average molecular weight is 309 g/mol. The first-order valence-electron chi connectivity index (χ1n) is 7.81. The molecular formula is C17H25ClN2O. The fourth-order valence-corrected chi connectivity index (χ4v) is 3.39. The summed E-state index contributed by atoms with van der Waals surface area (Å²) in [5.74, 6) is 1.73. The first-order chi connectivity index (χ1) is 9.65. The molecule has 0 radical (unpaired) electrons. The van der Waals surface area contributed by atoms with Crippen LogP contribution in [0.5, 0.6) is 0 Å². The Hall–Kier alpha value is -1.22. The number of amides is 1. The van der Waals surface area contributed by atoms with Gasteiger partial charge in [-0.25, -0.2) is 0 Å². The SMILES string of the molecule is CC(C)C1CCN(C(=O)c2ccc3c(c2)CCN3)CC1.Cl. The average Bonchev–Trinajstić information content (AvgIpc) is 2.94. The lowest BCUT2D eigenvalue weighted by atomic mass is 9.86. The van der Waals surface area contributed by atoms with Gasteiger partial charge in [-0.1, -0.05) is 13.8 Å². The normalized spacial score (nSPS) is 18.1. The Balaban J connectivity index is 0.00000161. The molecule has 3 nitrogen and oxygen atoms in total. The van der Waals surface area contributed by atoms with Crippen LogP contribution in [-0.2, 0) is 6.42 Å². The van der Waals surface area contributed by atoms with Gasteiger partial charge in [0, 0.05) is 30.9 Å². The highest BCUT2D eigenvalue weighted by Gasteiger charge is 2.25. The van der Waals surface area contributed by atoms with Crippen molar-refractivity contribution in [1.82, 2.24) is 4.90 Å². The number of rotatable bonds is 2. The molecule has 1 amide bonds. The molecule has 0 aliphatic carbocycles. The molecule has 0 atom stereocenters. The van der Waals surface area contributed by atoms with Crippen LogP contribution in [0.4, 0.5) is 5.69 Å². The number of carbonyl (C=O) groups is 1. The molecule has 1 aromatic rings.